The molecule has 2 aromatic rings. The van der Waals surface area contributed by atoms with Crippen LogP contribution in [0.15, 0.2) is 48.5 Å². The van der Waals surface area contributed by atoms with Gasteiger partial charge in [-0.25, -0.2) is 8.42 Å². The summed E-state index contributed by atoms with van der Waals surface area (Å²) in [5, 5.41) is 2.63. The monoisotopic (exact) mass is 360 g/mol. The molecule has 0 aliphatic heterocycles. The largest absolute Gasteiger partial charge is 0.324 e. The average Bonchev–Trinajstić information content (AvgIpc) is 2.51. The standard InChI is InChI=1S/C18H20N2O4S/c1-13-6-4-9-17(10-13)20(25(3,23)24)12-18(22)19-16-8-5-7-15(11-16)14(2)21/h4-11H,12H2,1-3H3,(H,19,22). The van der Waals surface area contributed by atoms with Gasteiger partial charge in [0.2, 0.25) is 15.9 Å². The van der Waals surface area contributed by atoms with E-state index in [1.54, 1.807) is 42.5 Å². The molecule has 1 amide bonds. The number of hydrogen-bond acceptors (Lipinski definition) is 4. The van der Waals surface area contributed by atoms with Gasteiger partial charge in [0.05, 0.1) is 11.9 Å². The number of nitrogens with one attached hydrogen (secondary N) is 1. The summed E-state index contributed by atoms with van der Waals surface area (Å²) in [7, 11) is -3.63. The van der Waals surface area contributed by atoms with Gasteiger partial charge in [-0.05, 0) is 43.7 Å². The van der Waals surface area contributed by atoms with Crippen LogP contribution in [0.1, 0.15) is 22.8 Å². The van der Waals surface area contributed by atoms with Gasteiger partial charge in [0.15, 0.2) is 5.78 Å². The molecule has 7 heteroatoms. The maximum atomic E-state index is 12.3. The third-order valence-corrected chi connectivity index (χ3v) is 4.67. The van der Waals surface area contributed by atoms with Gasteiger partial charge in [0.1, 0.15) is 6.54 Å². The maximum Gasteiger partial charge on any atom is 0.245 e. The first-order valence-corrected chi connectivity index (χ1v) is 9.47. The molecule has 0 atom stereocenters. The van der Waals surface area contributed by atoms with Crippen molar-refractivity contribution in [2.75, 3.05) is 22.4 Å². The topological polar surface area (TPSA) is 83.6 Å². The van der Waals surface area contributed by atoms with Gasteiger partial charge in [-0.2, -0.15) is 0 Å². The number of benzene rings is 2. The third kappa shape index (κ3) is 5.15. The van der Waals surface area contributed by atoms with Crippen LogP contribution >= 0.6 is 0 Å². The lowest BCUT2D eigenvalue weighted by molar-refractivity contribution is -0.114. The Morgan fingerprint density at radius 2 is 1.76 bits per heavy atom. The van der Waals surface area contributed by atoms with Crippen LogP contribution in [0.2, 0.25) is 0 Å². The summed E-state index contributed by atoms with van der Waals surface area (Å²) < 4.78 is 25.2. The lowest BCUT2D eigenvalue weighted by atomic mass is 10.1. The summed E-state index contributed by atoms with van der Waals surface area (Å²) in [4.78, 5) is 23.7. The molecule has 0 aliphatic carbocycles. The molecule has 0 bridgehead atoms. The Kier molecular flexibility index (Phi) is 5.58. The van der Waals surface area contributed by atoms with Crippen LogP contribution in [0.5, 0.6) is 0 Å². The molecule has 0 fully saturated rings. The number of sulfonamides is 1. The molecule has 0 aromatic heterocycles. The number of ketones is 1. The Labute approximate surface area is 147 Å². The van der Waals surface area contributed by atoms with E-state index in [0.29, 0.717) is 16.9 Å². The van der Waals surface area contributed by atoms with Gasteiger partial charge >= 0.3 is 0 Å². The van der Waals surface area contributed by atoms with Crippen LogP contribution in [-0.2, 0) is 14.8 Å². The Balaban J connectivity index is 2.21. The summed E-state index contributed by atoms with van der Waals surface area (Å²) in [6, 6.07) is 13.4. The quantitative estimate of drug-likeness (QED) is 0.803. The Bertz CT molecular complexity index is 907. The van der Waals surface area contributed by atoms with E-state index < -0.39 is 15.9 Å². The molecule has 0 radical (unpaired) electrons. The highest BCUT2D eigenvalue weighted by molar-refractivity contribution is 7.92. The first kappa shape index (κ1) is 18.7. The van der Waals surface area contributed by atoms with Crippen molar-refractivity contribution in [1.29, 1.82) is 0 Å². The molecule has 25 heavy (non-hydrogen) atoms. The van der Waals surface area contributed by atoms with E-state index in [2.05, 4.69) is 5.32 Å². The second kappa shape index (κ2) is 7.48. The van der Waals surface area contributed by atoms with E-state index in [4.69, 9.17) is 0 Å². The van der Waals surface area contributed by atoms with Crippen molar-refractivity contribution in [1.82, 2.24) is 0 Å². The molecule has 0 saturated carbocycles. The second-order valence-electron chi connectivity index (χ2n) is 5.79. The zero-order valence-corrected chi connectivity index (χ0v) is 15.1. The van der Waals surface area contributed by atoms with Crippen molar-refractivity contribution < 1.29 is 18.0 Å². The zero-order valence-electron chi connectivity index (χ0n) is 14.3. The van der Waals surface area contributed by atoms with Gasteiger partial charge in [-0.15, -0.1) is 0 Å². The van der Waals surface area contributed by atoms with Gasteiger partial charge in [0, 0.05) is 11.3 Å². The van der Waals surface area contributed by atoms with Crippen molar-refractivity contribution in [3.05, 3.63) is 59.7 Å². The number of anilines is 2. The molecule has 132 valence electrons. The summed E-state index contributed by atoms with van der Waals surface area (Å²) in [5.41, 5.74) is 2.22. The Morgan fingerprint density at radius 1 is 1.08 bits per heavy atom. The molecule has 6 nitrogen and oxygen atoms in total. The first-order chi connectivity index (χ1) is 11.7. The normalized spacial score (nSPS) is 11.0. The summed E-state index contributed by atoms with van der Waals surface area (Å²) in [6.07, 6.45) is 1.05. The molecular formula is C18H20N2O4S. The fraction of sp³-hybridized carbons (Fsp3) is 0.222. The highest BCUT2D eigenvalue weighted by Gasteiger charge is 2.21. The van der Waals surface area contributed by atoms with Crippen LogP contribution in [0, 0.1) is 6.92 Å². The number of carbonyl (C=O) groups excluding carboxylic acids is 2. The molecule has 0 saturated heterocycles. The summed E-state index contributed by atoms with van der Waals surface area (Å²) in [6.45, 7) is 2.92. The van der Waals surface area contributed by atoms with Crippen molar-refractivity contribution in [2.24, 2.45) is 0 Å². The van der Waals surface area contributed by atoms with E-state index >= 15 is 0 Å². The van der Waals surface area contributed by atoms with Crippen molar-refractivity contribution in [2.45, 2.75) is 13.8 Å². The van der Waals surface area contributed by atoms with Crippen LogP contribution in [0.4, 0.5) is 11.4 Å². The van der Waals surface area contributed by atoms with Crippen molar-refractivity contribution in [3.8, 4) is 0 Å². The number of nitrogens with zero attached hydrogens (tertiary/aromatic N) is 1. The van der Waals surface area contributed by atoms with E-state index in [-0.39, 0.29) is 12.3 Å². The number of Topliss-reactive ketones (excluding diaryl/α,β-unsaturated/α-hetero) is 1. The van der Waals surface area contributed by atoms with Gasteiger partial charge in [-0.3, -0.25) is 13.9 Å². The Hall–Kier alpha value is -2.67. The minimum atomic E-state index is -3.63. The number of aryl methyl sites for hydroxylation is 1. The zero-order chi connectivity index (χ0) is 18.6. The van der Waals surface area contributed by atoms with E-state index in [1.165, 1.54) is 6.92 Å². The van der Waals surface area contributed by atoms with Crippen molar-refractivity contribution in [3.63, 3.8) is 0 Å². The van der Waals surface area contributed by atoms with Crippen LogP contribution in [-0.4, -0.2) is 32.9 Å². The van der Waals surface area contributed by atoms with E-state index in [0.717, 1.165) is 16.1 Å². The first-order valence-electron chi connectivity index (χ1n) is 7.62. The molecule has 0 aliphatic rings. The van der Waals surface area contributed by atoms with Gasteiger partial charge in [-0.1, -0.05) is 24.3 Å². The summed E-state index contributed by atoms with van der Waals surface area (Å²) in [5.74, 6) is -0.610. The van der Waals surface area contributed by atoms with Crippen LogP contribution < -0.4 is 9.62 Å². The molecule has 0 spiro atoms. The fourth-order valence-corrected chi connectivity index (χ4v) is 3.18. The highest BCUT2D eigenvalue weighted by Crippen LogP contribution is 2.19. The smallest absolute Gasteiger partial charge is 0.245 e. The molecule has 1 N–H and O–H groups in total. The third-order valence-electron chi connectivity index (χ3n) is 3.53. The molecule has 0 heterocycles. The predicted molar refractivity (Wildman–Crippen MR) is 98.4 cm³/mol. The minimum Gasteiger partial charge on any atom is -0.324 e. The molecule has 2 rings (SSSR count). The predicted octanol–water partition coefficient (Wildman–Crippen LogP) is 2.60. The lowest BCUT2D eigenvalue weighted by Gasteiger charge is -2.22. The minimum absolute atomic E-state index is 0.117. The van der Waals surface area contributed by atoms with Gasteiger partial charge in [0.25, 0.3) is 0 Å². The molecule has 2 aromatic carbocycles. The van der Waals surface area contributed by atoms with E-state index in [9.17, 15) is 18.0 Å². The number of amides is 1. The number of hydrogen-bond donors (Lipinski definition) is 1. The highest BCUT2D eigenvalue weighted by atomic mass is 32.2. The average molecular weight is 360 g/mol. The maximum absolute atomic E-state index is 12.3. The fourth-order valence-electron chi connectivity index (χ4n) is 2.33. The van der Waals surface area contributed by atoms with Crippen LogP contribution in [0.3, 0.4) is 0 Å². The Morgan fingerprint density at radius 3 is 2.36 bits per heavy atom. The number of carbonyl (C=O) groups is 2. The number of rotatable bonds is 6. The second-order valence-corrected chi connectivity index (χ2v) is 7.70. The van der Waals surface area contributed by atoms with Crippen LogP contribution in [0.25, 0.3) is 0 Å². The summed E-state index contributed by atoms with van der Waals surface area (Å²) >= 11 is 0. The molecular weight excluding hydrogens is 340 g/mol. The van der Waals surface area contributed by atoms with Gasteiger partial charge < -0.3 is 5.32 Å². The lowest BCUT2D eigenvalue weighted by Crippen LogP contribution is -2.37. The SMILES string of the molecule is CC(=O)c1cccc(NC(=O)CN(c2cccc(C)c2)S(C)(=O)=O)c1. The molecule has 0 unspecified atom stereocenters. The van der Waals surface area contributed by atoms with E-state index in [1.807, 2.05) is 13.0 Å². The van der Waals surface area contributed by atoms with Crippen molar-refractivity contribution >= 4 is 33.1 Å².